The van der Waals surface area contributed by atoms with Crippen molar-refractivity contribution in [1.82, 2.24) is 10.3 Å². The summed E-state index contributed by atoms with van der Waals surface area (Å²) in [6, 6.07) is -0.549. The van der Waals surface area contributed by atoms with Gasteiger partial charge in [-0.05, 0) is 12.8 Å². The third-order valence-corrected chi connectivity index (χ3v) is 3.50. The van der Waals surface area contributed by atoms with Crippen LogP contribution in [0.2, 0.25) is 0 Å². The van der Waals surface area contributed by atoms with E-state index in [1.807, 2.05) is 5.43 Å². The first kappa shape index (κ1) is 26.6. The number of aliphatic imine (C=N–C) groups is 1. The molecule has 6 nitrogen and oxygen atoms in total. The van der Waals surface area contributed by atoms with Gasteiger partial charge in [0.15, 0.2) is 0 Å². The Morgan fingerprint density at radius 1 is 1.45 bits per heavy atom. The lowest BCUT2D eigenvalue weighted by molar-refractivity contribution is -0.130. The molecule has 0 bridgehead atoms. The highest BCUT2D eigenvalue weighted by molar-refractivity contribution is 5.88. The van der Waals surface area contributed by atoms with E-state index in [-0.39, 0.29) is 57.6 Å². The van der Waals surface area contributed by atoms with Crippen molar-refractivity contribution in [2.75, 3.05) is 19.6 Å². The van der Waals surface area contributed by atoms with Crippen LogP contribution in [0.25, 0.3) is 0 Å². The van der Waals surface area contributed by atoms with Crippen molar-refractivity contribution in [3.05, 3.63) is 24.6 Å². The maximum Gasteiger partial charge on any atom is 0.450 e. The zero-order valence-electron chi connectivity index (χ0n) is 16.0. The van der Waals surface area contributed by atoms with Crippen molar-refractivity contribution in [3.63, 3.8) is 0 Å². The fraction of sp³-hybridized carbons (Fsp3) is 0.588. The number of nitrogens with zero attached hydrogens (tertiary/aromatic N) is 3. The van der Waals surface area contributed by atoms with Crippen molar-refractivity contribution >= 4 is 18.0 Å². The van der Waals surface area contributed by atoms with E-state index in [4.69, 9.17) is 5.73 Å². The summed E-state index contributed by atoms with van der Waals surface area (Å²) in [5, 5.41) is 3.40. The minimum absolute atomic E-state index is 0.00858. The van der Waals surface area contributed by atoms with E-state index in [0.717, 1.165) is 6.21 Å². The molecule has 0 radical (unpaired) electrons. The number of nitrogens with one attached hydrogen (secondary N) is 1. The number of rotatable bonds is 6. The highest BCUT2D eigenvalue weighted by Gasteiger charge is 2.36. The number of alkyl halides is 3. The molecular formula is C17H25F6N5O. The Kier molecular flexibility index (Phi) is 12.6. The van der Waals surface area contributed by atoms with Gasteiger partial charge in [0.1, 0.15) is 12.2 Å². The number of amides is 1. The first-order valence-electron chi connectivity index (χ1n) is 8.71. The minimum Gasteiger partial charge on any atom is -0.335 e. The molecule has 0 aromatic heterocycles. The van der Waals surface area contributed by atoms with Crippen LogP contribution in [0.4, 0.5) is 26.3 Å². The van der Waals surface area contributed by atoms with Crippen LogP contribution in [0.3, 0.4) is 0 Å². The summed E-state index contributed by atoms with van der Waals surface area (Å²) in [6.07, 6.45) is -3.06. The number of allylic oxidation sites excluding steroid dienone is 2. The van der Waals surface area contributed by atoms with Crippen molar-refractivity contribution in [3.8, 4) is 0 Å². The highest BCUT2D eigenvalue weighted by Crippen LogP contribution is 2.16. The van der Waals surface area contributed by atoms with Gasteiger partial charge in [-0.1, -0.05) is 13.5 Å². The molecular weight excluding hydrogens is 404 g/mol. The molecule has 0 unspecified atom stereocenters. The summed E-state index contributed by atoms with van der Waals surface area (Å²) in [5.41, 5.74) is 7.55. The highest BCUT2D eigenvalue weighted by atomic mass is 19.4. The first-order valence-corrected chi connectivity index (χ1v) is 8.71. The molecule has 1 aliphatic heterocycles. The zero-order valence-corrected chi connectivity index (χ0v) is 16.0. The average molecular weight is 429 g/mol. The third-order valence-electron chi connectivity index (χ3n) is 3.50. The Morgan fingerprint density at radius 2 is 2.10 bits per heavy atom. The van der Waals surface area contributed by atoms with Crippen LogP contribution in [0.1, 0.15) is 32.6 Å². The lowest BCUT2D eigenvalue weighted by atomic mass is 10.1. The van der Waals surface area contributed by atoms with E-state index in [1.165, 1.54) is 4.90 Å². The fourth-order valence-electron chi connectivity index (χ4n) is 1.91. The maximum absolute atomic E-state index is 12.6. The molecule has 3 N–H and O–H groups in total. The van der Waals surface area contributed by atoms with E-state index < -0.39 is 29.7 Å². The van der Waals surface area contributed by atoms with Gasteiger partial charge in [-0.15, -0.1) is 0 Å². The number of hydrazone groups is 1. The van der Waals surface area contributed by atoms with Crippen LogP contribution in [0.5, 0.6) is 0 Å². The molecule has 0 aromatic carbocycles. The van der Waals surface area contributed by atoms with Crippen LogP contribution < -0.4 is 11.2 Å². The Bertz CT molecular complexity index is 618. The standard InChI is InChI=1S/C13H19F4N5O.C4H6F2/c1-9(14)2-3-10(18)8-11(23)22-6-4-19-12(13(15,16)17)21-20-5-7-22;1-2-4(6)3-5/h5,10H,1-4,6-8,18H2,(H,19,21);3H,2H2,1H3/b20-5+;4-3-/t10-;/m1./s1. The number of nitrogens with two attached hydrogens (primary N) is 1. The average Bonchev–Trinajstić information content (AvgIpc) is 2.77. The molecule has 1 atom stereocenters. The van der Waals surface area contributed by atoms with E-state index in [0.29, 0.717) is 0 Å². The summed E-state index contributed by atoms with van der Waals surface area (Å²) >= 11 is 0. The second-order valence-electron chi connectivity index (χ2n) is 5.92. The minimum atomic E-state index is -4.63. The van der Waals surface area contributed by atoms with E-state index in [1.54, 1.807) is 6.92 Å². The van der Waals surface area contributed by atoms with Gasteiger partial charge < -0.3 is 10.6 Å². The van der Waals surface area contributed by atoms with Gasteiger partial charge in [-0.2, -0.15) is 18.3 Å². The Morgan fingerprint density at radius 3 is 2.59 bits per heavy atom. The van der Waals surface area contributed by atoms with Gasteiger partial charge in [0.2, 0.25) is 11.7 Å². The summed E-state index contributed by atoms with van der Waals surface area (Å²) in [5.74, 6) is -2.77. The lowest BCUT2D eigenvalue weighted by Crippen LogP contribution is -2.38. The number of hydrogen-bond donors (Lipinski definition) is 2. The molecule has 0 fully saturated rings. The van der Waals surface area contributed by atoms with Crippen molar-refractivity contribution in [2.45, 2.75) is 44.8 Å². The Labute approximate surface area is 165 Å². The molecule has 1 rings (SSSR count). The molecule has 1 aliphatic rings. The Balaban J connectivity index is 0.00000113. The number of carbonyl (C=O) groups is 1. The smallest absolute Gasteiger partial charge is 0.335 e. The molecule has 0 saturated carbocycles. The van der Waals surface area contributed by atoms with Crippen LogP contribution in [0.15, 0.2) is 34.7 Å². The van der Waals surface area contributed by atoms with E-state index >= 15 is 0 Å². The van der Waals surface area contributed by atoms with Crippen molar-refractivity contribution in [2.24, 2.45) is 15.8 Å². The van der Waals surface area contributed by atoms with Crippen LogP contribution in [-0.2, 0) is 4.79 Å². The Hall–Kier alpha value is -2.37. The van der Waals surface area contributed by atoms with Gasteiger partial charge in [0.05, 0.1) is 18.9 Å². The van der Waals surface area contributed by atoms with Crippen LogP contribution >= 0.6 is 0 Å². The monoisotopic (exact) mass is 429 g/mol. The molecule has 166 valence electrons. The molecule has 1 amide bonds. The second kappa shape index (κ2) is 13.7. The van der Waals surface area contributed by atoms with Gasteiger partial charge in [0, 0.05) is 31.6 Å². The van der Waals surface area contributed by atoms with Gasteiger partial charge in [-0.25, -0.2) is 13.2 Å². The number of hydrogen-bond acceptors (Lipinski definition) is 5. The molecule has 0 aromatic rings. The second-order valence-corrected chi connectivity index (χ2v) is 5.92. The third kappa shape index (κ3) is 12.7. The lowest BCUT2D eigenvalue weighted by Gasteiger charge is -2.21. The number of halogens is 6. The van der Waals surface area contributed by atoms with E-state index in [2.05, 4.69) is 16.7 Å². The summed E-state index contributed by atoms with van der Waals surface area (Å²) in [4.78, 5) is 16.8. The molecule has 12 heteroatoms. The molecule has 0 aliphatic carbocycles. The normalized spacial score (nSPS) is 17.4. The number of carbonyl (C=O) groups excluding carboxylic acids is 1. The summed E-state index contributed by atoms with van der Waals surface area (Å²) in [7, 11) is 0. The largest absolute Gasteiger partial charge is 0.450 e. The van der Waals surface area contributed by atoms with Gasteiger partial charge in [-0.3, -0.25) is 15.2 Å². The fourth-order valence-corrected chi connectivity index (χ4v) is 1.91. The molecule has 0 saturated heterocycles. The maximum atomic E-state index is 12.6. The predicted molar refractivity (Wildman–Crippen MR) is 99.2 cm³/mol. The summed E-state index contributed by atoms with van der Waals surface area (Å²) in [6.45, 7) is 4.49. The molecule has 29 heavy (non-hydrogen) atoms. The van der Waals surface area contributed by atoms with Crippen molar-refractivity contribution < 1.29 is 31.1 Å². The first-order chi connectivity index (χ1) is 13.5. The quantitative estimate of drug-likeness (QED) is 0.634. The van der Waals surface area contributed by atoms with Gasteiger partial charge >= 0.3 is 6.18 Å². The van der Waals surface area contributed by atoms with Crippen molar-refractivity contribution in [1.29, 1.82) is 0 Å². The SMILES string of the molecule is C=C(F)CC[C@@H](N)CC(=O)N1C/C=N/NC(C(F)(F)F)=NCC1.CC/C(F)=C/F. The van der Waals surface area contributed by atoms with E-state index in [9.17, 15) is 31.1 Å². The molecule has 0 spiro atoms. The predicted octanol–water partition coefficient (Wildman–Crippen LogP) is 3.52. The van der Waals surface area contributed by atoms with Crippen LogP contribution in [0, 0.1) is 0 Å². The van der Waals surface area contributed by atoms with Crippen LogP contribution in [-0.4, -0.2) is 54.7 Å². The summed E-state index contributed by atoms with van der Waals surface area (Å²) < 4.78 is 72.4. The van der Waals surface area contributed by atoms with Gasteiger partial charge in [0.25, 0.3) is 0 Å². The zero-order chi connectivity index (χ0) is 22.4. The molecule has 1 heterocycles. The topological polar surface area (TPSA) is 83.1 Å². The number of amidine groups is 1.